The van der Waals surface area contributed by atoms with E-state index in [0.29, 0.717) is 42.0 Å². The van der Waals surface area contributed by atoms with Crippen LogP contribution in [0.2, 0.25) is 0 Å². The minimum Gasteiger partial charge on any atom is -0.619 e. The molecule has 0 unspecified atom stereocenters. The lowest BCUT2D eigenvalue weighted by Gasteiger charge is -2.44. The Kier molecular flexibility index (Phi) is 6.61. The van der Waals surface area contributed by atoms with Gasteiger partial charge >= 0.3 is 0 Å². The van der Waals surface area contributed by atoms with Crippen molar-refractivity contribution < 1.29 is 23.8 Å². The van der Waals surface area contributed by atoms with Crippen LogP contribution in [0.1, 0.15) is 40.4 Å². The summed E-state index contributed by atoms with van der Waals surface area (Å²) in [6.45, 7) is 1.02. The standard InChI is InChI=1S/C28H29N3O5/c1-35-26-25(29-24(32)19-36-21-7-3-2-4-8-21)22-9-5-6-10-23(22)28(26)13-17-30(18-14-28)27(33)20-11-15-31(34)16-12-20/h2-12,15-16,25-26H,13-14,17-19H2,1H3,(H,29,32)/t25-,26+/m1/s1. The Balaban J connectivity index is 1.32. The van der Waals surface area contributed by atoms with E-state index in [2.05, 4.69) is 11.4 Å². The third-order valence-electron chi connectivity index (χ3n) is 7.36. The Morgan fingerprint density at radius 2 is 1.69 bits per heavy atom. The SMILES string of the molecule is CO[C@H]1[C@H](NC(=O)COc2ccccc2)c2ccccc2C12CCN(C(=O)c1cc[n+]([O-])cc1)CC2. The number of piperidine rings is 1. The van der Waals surface area contributed by atoms with E-state index in [1.807, 2.05) is 53.4 Å². The van der Waals surface area contributed by atoms with Gasteiger partial charge in [-0.1, -0.05) is 42.5 Å². The third kappa shape index (κ3) is 4.40. The number of ether oxygens (including phenoxy) is 2. The Morgan fingerprint density at radius 3 is 2.39 bits per heavy atom. The van der Waals surface area contributed by atoms with E-state index in [9.17, 15) is 14.8 Å². The van der Waals surface area contributed by atoms with E-state index in [-0.39, 0.29) is 36.0 Å². The molecular formula is C28H29N3O5. The number of para-hydroxylation sites is 1. The van der Waals surface area contributed by atoms with Crippen LogP contribution in [-0.4, -0.2) is 49.6 Å². The summed E-state index contributed by atoms with van der Waals surface area (Å²) in [5, 5.41) is 14.5. The maximum Gasteiger partial charge on any atom is 0.258 e. The Labute approximate surface area is 210 Å². The van der Waals surface area contributed by atoms with Crippen LogP contribution in [-0.2, 0) is 14.9 Å². The summed E-state index contributed by atoms with van der Waals surface area (Å²) >= 11 is 0. The normalized spacial score (nSPS) is 20.1. The molecule has 5 rings (SSSR count). The second-order valence-corrected chi connectivity index (χ2v) is 9.29. The van der Waals surface area contributed by atoms with Crippen molar-refractivity contribution in [2.24, 2.45) is 0 Å². The minimum atomic E-state index is -0.324. The van der Waals surface area contributed by atoms with Gasteiger partial charge in [0.05, 0.1) is 17.7 Å². The number of hydrogen-bond acceptors (Lipinski definition) is 5. The summed E-state index contributed by atoms with van der Waals surface area (Å²) in [5.74, 6) is 0.332. The first-order valence-corrected chi connectivity index (χ1v) is 12.1. The predicted octanol–water partition coefficient (Wildman–Crippen LogP) is 2.76. The van der Waals surface area contributed by atoms with Crippen molar-refractivity contribution in [3.05, 3.63) is 101 Å². The summed E-state index contributed by atoms with van der Waals surface area (Å²) < 4.78 is 12.4. The van der Waals surface area contributed by atoms with Crippen LogP contribution in [0.5, 0.6) is 5.75 Å². The molecule has 1 N–H and O–H groups in total. The second kappa shape index (κ2) is 9.99. The number of pyridine rings is 1. The van der Waals surface area contributed by atoms with Gasteiger partial charge in [0.15, 0.2) is 19.0 Å². The van der Waals surface area contributed by atoms with E-state index in [4.69, 9.17) is 9.47 Å². The molecule has 8 heteroatoms. The molecule has 1 saturated heterocycles. The quantitative estimate of drug-likeness (QED) is 0.426. The van der Waals surface area contributed by atoms with Crippen LogP contribution in [0.15, 0.2) is 79.1 Å². The second-order valence-electron chi connectivity index (χ2n) is 9.29. The van der Waals surface area contributed by atoms with Crippen molar-refractivity contribution in [1.82, 2.24) is 10.2 Å². The van der Waals surface area contributed by atoms with Gasteiger partial charge in [-0.15, -0.1) is 0 Å². The van der Waals surface area contributed by atoms with Gasteiger partial charge in [-0.05, 0) is 36.1 Å². The number of rotatable bonds is 6. The van der Waals surface area contributed by atoms with Gasteiger partial charge in [0.1, 0.15) is 5.75 Å². The van der Waals surface area contributed by atoms with Gasteiger partial charge in [-0.2, -0.15) is 4.73 Å². The van der Waals surface area contributed by atoms with E-state index in [1.54, 1.807) is 19.2 Å². The molecule has 1 aliphatic carbocycles. The molecule has 186 valence electrons. The molecular weight excluding hydrogens is 458 g/mol. The molecule has 2 aliphatic rings. The minimum absolute atomic E-state index is 0.0885. The average Bonchev–Trinajstić information content (AvgIpc) is 3.16. The molecule has 0 bridgehead atoms. The zero-order chi connectivity index (χ0) is 25.1. The van der Waals surface area contributed by atoms with Gasteiger partial charge < -0.3 is 24.9 Å². The average molecular weight is 488 g/mol. The van der Waals surface area contributed by atoms with Crippen LogP contribution >= 0.6 is 0 Å². The molecule has 36 heavy (non-hydrogen) atoms. The van der Waals surface area contributed by atoms with Crippen molar-refractivity contribution in [2.75, 3.05) is 26.8 Å². The van der Waals surface area contributed by atoms with Crippen LogP contribution in [0, 0.1) is 5.21 Å². The van der Waals surface area contributed by atoms with Gasteiger partial charge in [0.25, 0.3) is 11.8 Å². The fourth-order valence-electron chi connectivity index (χ4n) is 5.65. The van der Waals surface area contributed by atoms with Crippen molar-refractivity contribution in [2.45, 2.75) is 30.4 Å². The number of hydrogen-bond donors (Lipinski definition) is 1. The number of amides is 2. The fraction of sp³-hybridized carbons (Fsp3) is 0.321. The highest BCUT2D eigenvalue weighted by Gasteiger charge is 2.54. The molecule has 3 aromatic rings. The number of likely N-dealkylation sites (tertiary alicyclic amines) is 1. The molecule has 2 aromatic carbocycles. The van der Waals surface area contributed by atoms with Crippen molar-refractivity contribution in [3.8, 4) is 5.75 Å². The van der Waals surface area contributed by atoms with Gasteiger partial charge in [-0.3, -0.25) is 9.59 Å². The van der Waals surface area contributed by atoms with Crippen molar-refractivity contribution >= 4 is 11.8 Å². The first kappa shape index (κ1) is 23.8. The third-order valence-corrected chi connectivity index (χ3v) is 7.36. The number of aromatic nitrogens is 1. The number of nitrogens with zero attached hydrogens (tertiary/aromatic N) is 2. The number of methoxy groups -OCH3 is 1. The number of carbonyl (C=O) groups is 2. The number of nitrogens with one attached hydrogen (secondary N) is 1. The molecule has 1 fully saturated rings. The van der Waals surface area contributed by atoms with Gasteiger partial charge in [0.2, 0.25) is 0 Å². The maximum atomic E-state index is 13.0. The van der Waals surface area contributed by atoms with Crippen molar-refractivity contribution in [3.63, 3.8) is 0 Å². The lowest BCUT2D eigenvalue weighted by molar-refractivity contribution is -0.605. The molecule has 8 nitrogen and oxygen atoms in total. The Bertz CT molecular complexity index is 1220. The highest BCUT2D eigenvalue weighted by atomic mass is 16.5. The topological polar surface area (TPSA) is 94.8 Å². The summed E-state index contributed by atoms with van der Waals surface area (Å²) in [7, 11) is 1.68. The van der Waals surface area contributed by atoms with Crippen LogP contribution in [0.4, 0.5) is 0 Å². The summed E-state index contributed by atoms with van der Waals surface area (Å²) in [6.07, 6.45) is 3.80. The van der Waals surface area contributed by atoms with Gasteiger partial charge in [0, 0.05) is 37.7 Å². The Morgan fingerprint density at radius 1 is 1.03 bits per heavy atom. The van der Waals surface area contributed by atoms with E-state index in [0.717, 1.165) is 11.1 Å². The molecule has 1 spiro atoms. The molecule has 2 atom stereocenters. The van der Waals surface area contributed by atoms with E-state index >= 15 is 0 Å². The van der Waals surface area contributed by atoms with E-state index in [1.165, 1.54) is 12.4 Å². The molecule has 1 aromatic heterocycles. The van der Waals surface area contributed by atoms with Crippen molar-refractivity contribution in [1.29, 1.82) is 0 Å². The monoisotopic (exact) mass is 487 g/mol. The zero-order valence-electron chi connectivity index (χ0n) is 20.1. The van der Waals surface area contributed by atoms with Crippen LogP contribution in [0.3, 0.4) is 0 Å². The predicted molar refractivity (Wildman–Crippen MR) is 132 cm³/mol. The Hall–Kier alpha value is -3.91. The molecule has 1 aliphatic heterocycles. The number of carbonyl (C=O) groups excluding carboxylic acids is 2. The van der Waals surface area contributed by atoms with Gasteiger partial charge in [-0.25, -0.2) is 0 Å². The maximum absolute atomic E-state index is 13.0. The molecule has 0 saturated carbocycles. The highest BCUT2D eigenvalue weighted by molar-refractivity contribution is 5.94. The summed E-state index contributed by atoms with van der Waals surface area (Å²) in [4.78, 5) is 27.7. The van der Waals surface area contributed by atoms with Crippen LogP contribution < -0.4 is 14.8 Å². The highest BCUT2D eigenvalue weighted by Crippen LogP contribution is 2.52. The summed E-state index contributed by atoms with van der Waals surface area (Å²) in [6, 6.07) is 20.1. The fourth-order valence-corrected chi connectivity index (χ4v) is 5.65. The first-order chi connectivity index (χ1) is 17.5. The van der Waals surface area contributed by atoms with E-state index < -0.39 is 0 Å². The smallest absolute Gasteiger partial charge is 0.258 e. The number of fused-ring (bicyclic) bond motifs is 2. The largest absolute Gasteiger partial charge is 0.619 e. The lowest BCUT2D eigenvalue weighted by Crippen LogP contribution is -2.52. The first-order valence-electron chi connectivity index (χ1n) is 12.1. The molecule has 2 heterocycles. The number of benzene rings is 2. The summed E-state index contributed by atoms with van der Waals surface area (Å²) in [5.41, 5.74) is 2.37. The molecule has 0 radical (unpaired) electrons. The lowest BCUT2D eigenvalue weighted by atomic mass is 9.71. The molecule has 2 amide bonds. The van der Waals surface area contributed by atoms with Crippen LogP contribution in [0.25, 0.3) is 0 Å². The zero-order valence-corrected chi connectivity index (χ0v) is 20.1.